The van der Waals surface area contributed by atoms with Gasteiger partial charge < -0.3 is 4.74 Å². The second-order valence-corrected chi connectivity index (χ2v) is 4.73. The van der Waals surface area contributed by atoms with Gasteiger partial charge in [0.25, 0.3) is 0 Å². The lowest BCUT2D eigenvalue weighted by molar-refractivity contribution is 0.317. The van der Waals surface area contributed by atoms with E-state index >= 15 is 0 Å². The van der Waals surface area contributed by atoms with Gasteiger partial charge in [-0.25, -0.2) is 0 Å². The lowest BCUT2D eigenvalue weighted by Gasteiger charge is -2.12. The summed E-state index contributed by atoms with van der Waals surface area (Å²) in [6.07, 6.45) is 1.92. The SMILES string of the molecule is Cc1ccc(OCCc2nncnn2)cc1C(C)C. The van der Waals surface area contributed by atoms with Crippen LogP contribution in [0.1, 0.15) is 36.7 Å². The first-order chi connectivity index (χ1) is 9.16. The third-order valence-corrected chi connectivity index (χ3v) is 2.92. The lowest BCUT2D eigenvalue weighted by Crippen LogP contribution is -2.07. The normalized spacial score (nSPS) is 10.7. The summed E-state index contributed by atoms with van der Waals surface area (Å²) >= 11 is 0. The van der Waals surface area contributed by atoms with E-state index in [4.69, 9.17) is 4.74 Å². The molecule has 0 radical (unpaired) electrons. The molecule has 0 unspecified atom stereocenters. The van der Waals surface area contributed by atoms with Gasteiger partial charge in [0.15, 0.2) is 12.2 Å². The van der Waals surface area contributed by atoms with Gasteiger partial charge in [0, 0.05) is 6.42 Å². The molecule has 2 rings (SSSR count). The fraction of sp³-hybridized carbons (Fsp3) is 0.429. The summed E-state index contributed by atoms with van der Waals surface area (Å²) in [4.78, 5) is 0. The molecule has 1 heterocycles. The first kappa shape index (κ1) is 13.4. The monoisotopic (exact) mass is 258 g/mol. The molecule has 1 aromatic heterocycles. The van der Waals surface area contributed by atoms with Gasteiger partial charge in [-0.3, -0.25) is 0 Å². The summed E-state index contributed by atoms with van der Waals surface area (Å²) < 4.78 is 5.72. The van der Waals surface area contributed by atoms with E-state index in [-0.39, 0.29) is 0 Å². The van der Waals surface area contributed by atoms with Crippen molar-refractivity contribution in [1.82, 2.24) is 20.4 Å². The summed E-state index contributed by atoms with van der Waals surface area (Å²) in [6.45, 7) is 7.00. The van der Waals surface area contributed by atoms with Gasteiger partial charge in [-0.2, -0.15) is 0 Å². The van der Waals surface area contributed by atoms with Crippen LogP contribution in [0.15, 0.2) is 24.5 Å². The lowest BCUT2D eigenvalue weighted by atomic mass is 9.98. The summed E-state index contributed by atoms with van der Waals surface area (Å²) in [5, 5.41) is 15.1. The Balaban J connectivity index is 1.95. The summed E-state index contributed by atoms with van der Waals surface area (Å²) in [5.74, 6) is 1.97. The van der Waals surface area contributed by atoms with Crippen LogP contribution in [0.5, 0.6) is 5.75 Å². The van der Waals surface area contributed by atoms with E-state index < -0.39 is 0 Å². The molecular formula is C14H18N4O. The topological polar surface area (TPSA) is 60.8 Å². The molecule has 0 spiro atoms. The second kappa shape index (κ2) is 6.22. The quantitative estimate of drug-likeness (QED) is 0.823. The van der Waals surface area contributed by atoms with Crippen molar-refractivity contribution >= 4 is 0 Å². The molecule has 0 aliphatic rings. The molecule has 19 heavy (non-hydrogen) atoms. The van der Waals surface area contributed by atoms with Crippen LogP contribution >= 0.6 is 0 Å². The fourth-order valence-corrected chi connectivity index (χ4v) is 1.92. The number of benzene rings is 1. The molecule has 0 bridgehead atoms. The minimum absolute atomic E-state index is 0.495. The van der Waals surface area contributed by atoms with E-state index in [1.807, 2.05) is 6.07 Å². The molecule has 100 valence electrons. The highest BCUT2D eigenvalue weighted by molar-refractivity contribution is 5.36. The molecule has 5 heteroatoms. The molecule has 2 aromatic rings. The molecule has 0 fully saturated rings. The smallest absolute Gasteiger partial charge is 0.176 e. The van der Waals surface area contributed by atoms with Crippen molar-refractivity contribution in [3.05, 3.63) is 41.5 Å². The van der Waals surface area contributed by atoms with Crippen molar-refractivity contribution in [2.24, 2.45) is 0 Å². The molecule has 0 saturated heterocycles. The van der Waals surface area contributed by atoms with Crippen molar-refractivity contribution in [3.63, 3.8) is 0 Å². The number of hydrogen-bond acceptors (Lipinski definition) is 5. The van der Waals surface area contributed by atoms with Crippen molar-refractivity contribution in [1.29, 1.82) is 0 Å². The number of aryl methyl sites for hydroxylation is 1. The van der Waals surface area contributed by atoms with Gasteiger partial charge >= 0.3 is 0 Å². The van der Waals surface area contributed by atoms with Crippen LogP contribution in [0.3, 0.4) is 0 Å². The fourth-order valence-electron chi connectivity index (χ4n) is 1.92. The highest BCUT2D eigenvalue weighted by atomic mass is 16.5. The average Bonchev–Trinajstić information content (AvgIpc) is 2.41. The van der Waals surface area contributed by atoms with Crippen LogP contribution in [-0.2, 0) is 6.42 Å². The number of rotatable bonds is 5. The molecule has 0 aliphatic carbocycles. The van der Waals surface area contributed by atoms with Crippen LogP contribution < -0.4 is 4.74 Å². The van der Waals surface area contributed by atoms with Crippen molar-refractivity contribution in [2.45, 2.75) is 33.1 Å². The minimum Gasteiger partial charge on any atom is -0.493 e. The Labute approximate surface area is 113 Å². The Hall–Kier alpha value is -2.04. The van der Waals surface area contributed by atoms with Gasteiger partial charge in [0.1, 0.15) is 5.75 Å². The molecular weight excluding hydrogens is 240 g/mol. The predicted molar refractivity (Wildman–Crippen MR) is 72.1 cm³/mol. The Bertz CT molecular complexity index is 528. The maximum atomic E-state index is 5.72. The molecule has 0 aliphatic heterocycles. The number of hydrogen-bond donors (Lipinski definition) is 0. The molecule has 5 nitrogen and oxygen atoms in total. The van der Waals surface area contributed by atoms with E-state index in [0.29, 0.717) is 24.8 Å². The summed E-state index contributed by atoms with van der Waals surface area (Å²) in [7, 11) is 0. The van der Waals surface area contributed by atoms with Gasteiger partial charge in [-0.05, 0) is 36.1 Å². The van der Waals surface area contributed by atoms with E-state index in [1.165, 1.54) is 17.5 Å². The maximum absolute atomic E-state index is 5.72. The summed E-state index contributed by atoms with van der Waals surface area (Å²) in [5.41, 5.74) is 2.61. The predicted octanol–water partition coefficient (Wildman–Crippen LogP) is 2.32. The second-order valence-electron chi connectivity index (χ2n) is 4.73. The van der Waals surface area contributed by atoms with E-state index in [1.54, 1.807) is 0 Å². The Morgan fingerprint density at radius 2 is 1.89 bits per heavy atom. The largest absolute Gasteiger partial charge is 0.493 e. The number of aromatic nitrogens is 4. The maximum Gasteiger partial charge on any atom is 0.176 e. The Kier molecular flexibility index (Phi) is 4.39. The third-order valence-electron chi connectivity index (χ3n) is 2.92. The van der Waals surface area contributed by atoms with Gasteiger partial charge in [-0.1, -0.05) is 19.9 Å². The molecule has 0 saturated carbocycles. The molecule has 0 N–H and O–H groups in total. The zero-order valence-corrected chi connectivity index (χ0v) is 11.5. The van der Waals surface area contributed by atoms with Crippen LogP contribution in [0, 0.1) is 6.92 Å². The zero-order valence-electron chi connectivity index (χ0n) is 11.5. The van der Waals surface area contributed by atoms with E-state index in [9.17, 15) is 0 Å². The van der Waals surface area contributed by atoms with Crippen molar-refractivity contribution < 1.29 is 4.74 Å². The van der Waals surface area contributed by atoms with Gasteiger partial charge in [0.2, 0.25) is 0 Å². The zero-order chi connectivity index (χ0) is 13.7. The molecule has 1 aromatic carbocycles. The molecule has 0 amide bonds. The van der Waals surface area contributed by atoms with Crippen LogP contribution in [0.2, 0.25) is 0 Å². The van der Waals surface area contributed by atoms with E-state index in [2.05, 4.69) is 53.3 Å². The van der Waals surface area contributed by atoms with E-state index in [0.717, 1.165) is 5.75 Å². The standard InChI is InChI=1S/C14H18N4O/c1-10(2)13-8-12(5-4-11(13)3)19-7-6-14-17-15-9-16-18-14/h4-5,8-10H,6-7H2,1-3H3. The first-order valence-corrected chi connectivity index (χ1v) is 6.39. The van der Waals surface area contributed by atoms with Crippen molar-refractivity contribution in [2.75, 3.05) is 6.61 Å². The minimum atomic E-state index is 0.495. The summed E-state index contributed by atoms with van der Waals surface area (Å²) in [6, 6.07) is 6.18. The Morgan fingerprint density at radius 3 is 2.58 bits per heavy atom. The first-order valence-electron chi connectivity index (χ1n) is 6.39. The highest BCUT2D eigenvalue weighted by Gasteiger charge is 2.05. The van der Waals surface area contributed by atoms with Crippen LogP contribution in [-0.4, -0.2) is 27.0 Å². The van der Waals surface area contributed by atoms with Gasteiger partial charge in [-0.15, -0.1) is 20.4 Å². The average molecular weight is 258 g/mol. The van der Waals surface area contributed by atoms with Crippen LogP contribution in [0.4, 0.5) is 0 Å². The number of nitrogens with zero attached hydrogens (tertiary/aromatic N) is 4. The number of ether oxygens (including phenoxy) is 1. The third kappa shape index (κ3) is 3.71. The van der Waals surface area contributed by atoms with Gasteiger partial charge in [0.05, 0.1) is 6.61 Å². The highest BCUT2D eigenvalue weighted by Crippen LogP contribution is 2.24. The van der Waals surface area contributed by atoms with Crippen molar-refractivity contribution in [3.8, 4) is 5.75 Å². The Morgan fingerprint density at radius 1 is 1.16 bits per heavy atom. The van der Waals surface area contributed by atoms with Crippen LogP contribution in [0.25, 0.3) is 0 Å². The molecule has 0 atom stereocenters.